The van der Waals surface area contributed by atoms with E-state index in [2.05, 4.69) is 119 Å². The molecule has 0 amide bonds. The highest BCUT2D eigenvalue weighted by molar-refractivity contribution is 6.07. The standard InChI is InChI=1S/C37H24N4/c1-2-10-26-21-27(18-17-25(26)9-1)29-23-34(40-35(24-29)33-15-5-6-19-38-33)28-11-7-12-30(22-28)41-36-16-4-3-13-31(36)32-14-8-20-39-37(32)41/h1-24H. The topological polar surface area (TPSA) is 43.6 Å². The van der Waals surface area contributed by atoms with Gasteiger partial charge in [-0.3, -0.25) is 9.55 Å². The quantitative estimate of drug-likeness (QED) is 0.231. The molecule has 8 rings (SSSR count). The minimum Gasteiger partial charge on any atom is -0.294 e. The molecule has 8 aromatic rings. The average molecular weight is 525 g/mol. The smallest absolute Gasteiger partial charge is 0.145 e. The Morgan fingerprint density at radius 2 is 1.24 bits per heavy atom. The Kier molecular flexibility index (Phi) is 5.42. The average Bonchev–Trinajstić information content (AvgIpc) is 3.39. The molecule has 4 heteroatoms. The number of fused-ring (bicyclic) bond motifs is 4. The number of rotatable bonds is 4. The Bertz CT molecular complexity index is 2160. The van der Waals surface area contributed by atoms with Crippen molar-refractivity contribution in [2.24, 2.45) is 0 Å². The molecule has 41 heavy (non-hydrogen) atoms. The largest absolute Gasteiger partial charge is 0.294 e. The van der Waals surface area contributed by atoms with Crippen molar-refractivity contribution in [2.75, 3.05) is 0 Å². The van der Waals surface area contributed by atoms with Crippen LogP contribution in [0.1, 0.15) is 0 Å². The van der Waals surface area contributed by atoms with Crippen molar-refractivity contribution in [1.29, 1.82) is 0 Å². The molecule has 4 nitrogen and oxygen atoms in total. The van der Waals surface area contributed by atoms with Gasteiger partial charge in [-0.25, -0.2) is 9.97 Å². The third-order valence-corrected chi connectivity index (χ3v) is 7.67. The summed E-state index contributed by atoms with van der Waals surface area (Å²) in [6, 6.07) is 46.5. The Hall–Kier alpha value is -5.61. The van der Waals surface area contributed by atoms with Gasteiger partial charge in [0.25, 0.3) is 0 Å². The number of para-hydroxylation sites is 1. The van der Waals surface area contributed by atoms with Gasteiger partial charge in [0.1, 0.15) is 5.65 Å². The van der Waals surface area contributed by atoms with Crippen molar-refractivity contribution in [3.8, 4) is 39.5 Å². The molecular formula is C37H24N4. The maximum atomic E-state index is 5.12. The molecule has 0 aliphatic heterocycles. The first-order chi connectivity index (χ1) is 20.3. The lowest BCUT2D eigenvalue weighted by Gasteiger charge is -2.12. The van der Waals surface area contributed by atoms with Gasteiger partial charge in [0.15, 0.2) is 0 Å². The van der Waals surface area contributed by atoms with E-state index < -0.39 is 0 Å². The van der Waals surface area contributed by atoms with Gasteiger partial charge in [0, 0.05) is 34.4 Å². The summed E-state index contributed by atoms with van der Waals surface area (Å²) in [4.78, 5) is 14.5. The number of benzene rings is 4. The normalized spacial score (nSPS) is 11.4. The summed E-state index contributed by atoms with van der Waals surface area (Å²) in [5.41, 5.74) is 8.98. The minimum atomic E-state index is 0.843. The van der Waals surface area contributed by atoms with E-state index >= 15 is 0 Å². The van der Waals surface area contributed by atoms with E-state index in [4.69, 9.17) is 9.97 Å². The number of pyridine rings is 3. The van der Waals surface area contributed by atoms with E-state index in [-0.39, 0.29) is 0 Å². The van der Waals surface area contributed by atoms with E-state index in [9.17, 15) is 0 Å². The van der Waals surface area contributed by atoms with Gasteiger partial charge in [0.2, 0.25) is 0 Å². The van der Waals surface area contributed by atoms with Crippen molar-refractivity contribution in [1.82, 2.24) is 19.5 Å². The highest BCUT2D eigenvalue weighted by Crippen LogP contribution is 2.34. The number of hydrogen-bond donors (Lipinski definition) is 0. The van der Waals surface area contributed by atoms with Crippen LogP contribution in [0.25, 0.3) is 72.2 Å². The molecule has 0 radical (unpaired) electrons. The molecule has 192 valence electrons. The number of aromatic nitrogens is 4. The van der Waals surface area contributed by atoms with E-state index in [1.165, 1.54) is 16.2 Å². The lowest BCUT2D eigenvalue weighted by atomic mass is 9.98. The first-order valence-corrected chi connectivity index (χ1v) is 13.7. The SMILES string of the molecule is c1ccc(-c2cc(-c3ccc4ccccc4c3)cc(-c3cccc(-n4c5ccccc5c5cccnc54)c3)n2)nc1. The lowest BCUT2D eigenvalue weighted by Crippen LogP contribution is -1.97. The van der Waals surface area contributed by atoms with E-state index in [1.807, 2.05) is 36.7 Å². The molecule has 0 N–H and O–H groups in total. The second-order valence-electron chi connectivity index (χ2n) is 10.2. The molecule has 0 fully saturated rings. The summed E-state index contributed by atoms with van der Waals surface area (Å²) < 4.78 is 2.24. The van der Waals surface area contributed by atoms with Crippen molar-refractivity contribution in [3.05, 3.63) is 146 Å². The zero-order chi connectivity index (χ0) is 27.2. The fraction of sp³-hybridized carbons (Fsp3) is 0. The molecular weight excluding hydrogens is 500 g/mol. The summed E-state index contributed by atoms with van der Waals surface area (Å²) in [5.74, 6) is 0. The van der Waals surface area contributed by atoms with Gasteiger partial charge < -0.3 is 0 Å². The summed E-state index contributed by atoms with van der Waals surface area (Å²) >= 11 is 0. The number of nitrogens with zero attached hydrogens (tertiary/aromatic N) is 4. The van der Waals surface area contributed by atoms with Crippen LogP contribution >= 0.6 is 0 Å². The molecule has 0 atom stereocenters. The van der Waals surface area contributed by atoms with Crippen LogP contribution in [0.5, 0.6) is 0 Å². The van der Waals surface area contributed by atoms with Gasteiger partial charge in [0.05, 0.1) is 22.6 Å². The fourth-order valence-corrected chi connectivity index (χ4v) is 5.72. The lowest BCUT2D eigenvalue weighted by molar-refractivity contribution is 1.13. The highest BCUT2D eigenvalue weighted by Gasteiger charge is 2.15. The highest BCUT2D eigenvalue weighted by atomic mass is 15.0. The monoisotopic (exact) mass is 524 g/mol. The Morgan fingerprint density at radius 3 is 2.17 bits per heavy atom. The fourth-order valence-electron chi connectivity index (χ4n) is 5.72. The predicted molar refractivity (Wildman–Crippen MR) is 168 cm³/mol. The predicted octanol–water partition coefficient (Wildman–Crippen LogP) is 9.12. The van der Waals surface area contributed by atoms with Crippen LogP contribution < -0.4 is 0 Å². The second kappa shape index (κ2) is 9.54. The first kappa shape index (κ1) is 23.3. The number of hydrogen-bond acceptors (Lipinski definition) is 3. The van der Waals surface area contributed by atoms with Crippen LogP contribution in [-0.2, 0) is 0 Å². The van der Waals surface area contributed by atoms with Gasteiger partial charge in [-0.2, -0.15) is 0 Å². The van der Waals surface area contributed by atoms with Crippen LogP contribution in [0.3, 0.4) is 0 Å². The molecule has 0 spiro atoms. The van der Waals surface area contributed by atoms with Crippen LogP contribution in [0, 0.1) is 0 Å². The van der Waals surface area contributed by atoms with Gasteiger partial charge in [-0.1, -0.05) is 72.8 Å². The zero-order valence-corrected chi connectivity index (χ0v) is 22.1. The van der Waals surface area contributed by atoms with Crippen molar-refractivity contribution in [3.63, 3.8) is 0 Å². The zero-order valence-electron chi connectivity index (χ0n) is 22.1. The molecule has 0 unspecified atom stereocenters. The summed E-state index contributed by atoms with van der Waals surface area (Å²) in [5, 5.41) is 4.77. The van der Waals surface area contributed by atoms with Crippen molar-refractivity contribution >= 4 is 32.7 Å². The molecule has 0 aliphatic rings. The minimum absolute atomic E-state index is 0.843. The molecule has 0 aliphatic carbocycles. The van der Waals surface area contributed by atoms with E-state index in [0.29, 0.717) is 0 Å². The van der Waals surface area contributed by atoms with Crippen LogP contribution in [0.2, 0.25) is 0 Å². The molecule has 0 saturated carbocycles. The Morgan fingerprint density at radius 1 is 0.439 bits per heavy atom. The Labute approximate surface area is 237 Å². The molecule has 4 heterocycles. The van der Waals surface area contributed by atoms with Crippen LogP contribution in [0.15, 0.2) is 146 Å². The summed E-state index contributed by atoms with van der Waals surface area (Å²) in [7, 11) is 0. The van der Waals surface area contributed by atoms with Gasteiger partial charge >= 0.3 is 0 Å². The molecule has 0 saturated heterocycles. The van der Waals surface area contributed by atoms with Crippen LogP contribution in [0.4, 0.5) is 0 Å². The van der Waals surface area contributed by atoms with E-state index in [1.54, 1.807) is 0 Å². The maximum absolute atomic E-state index is 5.12. The molecule has 4 aromatic heterocycles. The Balaban J connectivity index is 1.33. The first-order valence-electron chi connectivity index (χ1n) is 13.7. The maximum Gasteiger partial charge on any atom is 0.145 e. The second-order valence-corrected chi connectivity index (χ2v) is 10.2. The summed E-state index contributed by atoms with van der Waals surface area (Å²) in [6.07, 6.45) is 3.67. The van der Waals surface area contributed by atoms with Crippen molar-refractivity contribution < 1.29 is 0 Å². The third kappa shape index (κ3) is 4.05. The molecule has 0 bridgehead atoms. The van der Waals surface area contributed by atoms with Gasteiger partial charge in [-0.05, 0) is 82.6 Å². The van der Waals surface area contributed by atoms with E-state index in [0.717, 1.165) is 56.0 Å². The summed E-state index contributed by atoms with van der Waals surface area (Å²) in [6.45, 7) is 0. The van der Waals surface area contributed by atoms with Crippen molar-refractivity contribution in [2.45, 2.75) is 0 Å². The molecule has 4 aromatic carbocycles. The van der Waals surface area contributed by atoms with Crippen LogP contribution in [-0.4, -0.2) is 19.5 Å². The van der Waals surface area contributed by atoms with Gasteiger partial charge in [-0.15, -0.1) is 0 Å². The third-order valence-electron chi connectivity index (χ3n) is 7.67.